The molecule has 0 radical (unpaired) electrons. The molecule has 2 aromatic rings. The van der Waals surface area contributed by atoms with Crippen LogP contribution in [0.5, 0.6) is 11.5 Å². The average Bonchev–Trinajstić information content (AvgIpc) is 2.62. The zero-order chi connectivity index (χ0) is 18.9. The molecule has 8 heteroatoms. The SMILES string of the molecule is CN=C(NCc1cccc(C)c1)NCc1cc(OC)ccc1OC(F)F.I. The Labute approximate surface area is 175 Å². The van der Waals surface area contributed by atoms with Gasteiger partial charge in [-0.15, -0.1) is 24.0 Å². The molecule has 2 aromatic carbocycles. The van der Waals surface area contributed by atoms with E-state index in [0.717, 1.165) is 5.56 Å². The maximum absolute atomic E-state index is 12.6. The van der Waals surface area contributed by atoms with Crippen molar-refractivity contribution in [3.05, 3.63) is 59.2 Å². The summed E-state index contributed by atoms with van der Waals surface area (Å²) in [6, 6.07) is 12.8. The van der Waals surface area contributed by atoms with Crippen LogP contribution in [0.15, 0.2) is 47.5 Å². The highest BCUT2D eigenvalue weighted by Gasteiger charge is 2.11. The first kappa shape index (κ1) is 22.9. The van der Waals surface area contributed by atoms with Gasteiger partial charge in [-0.25, -0.2) is 0 Å². The summed E-state index contributed by atoms with van der Waals surface area (Å²) in [4.78, 5) is 4.15. The predicted octanol–water partition coefficient (Wildman–Crippen LogP) is 4.09. The van der Waals surface area contributed by atoms with E-state index < -0.39 is 6.61 Å². The van der Waals surface area contributed by atoms with Gasteiger partial charge in [-0.2, -0.15) is 8.78 Å². The number of halogens is 3. The Hall–Kier alpha value is -2.10. The van der Waals surface area contributed by atoms with Crippen molar-refractivity contribution in [1.82, 2.24) is 10.6 Å². The van der Waals surface area contributed by atoms with E-state index >= 15 is 0 Å². The van der Waals surface area contributed by atoms with Crippen LogP contribution in [0.1, 0.15) is 16.7 Å². The highest BCUT2D eigenvalue weighted by atomic mass is 127. The lowest BCUT2D eigenvalue weighted by atomic mass is 10.1. The second-order valence-corrected chi connectivity index (χ2v) is 5.62. The first-order chi connectivity index (χ1) is 12.5. The van der Waals surface area contributed by atoms with Crippen LogP contribution < -0.4 is 20.1 Å². The summed E-state index contributed by atoms with van der Waals surface area (Å²) in [6.45, 7) is -0.00264. The van der Waals surface area contributed by atoms with E-state index in [4.69, 9.17) is 4.74 Å². The molecule has 0 fully saturated rings. The lowest BCUT2D eigenvalue weighted by molar-refractivity contribution is -0.0504. The van der Waals surface area contributed by atoms with E-state index in [2.05, 4.69) is 26.4 Å². The van der Waals surface area contributed by atoms with Gasteiger partial charge in [0.2, 0.25) is 0 Å². The van der Waals surface area contributed by atoms with Crippen LogP contribution in [0.25, 0.3) is 0 Å². The van der Waals surface area contributed by atoms with Gasteiger partial charge in [0.1, 0.15) is 11.5 Å². The van der Waals surface area contributed by atoms with Crippen LogP contribution in [-0.2, 0) is 13.1 Å². The molecule has 148 valence electrons. The Morgan fingerprint density at radius 2 is 1.85 bits per heavy atom. The summed E-state index contributed by atoms with van der Waals surface area (Å²) < 4.78 is 34.9. The molecule has 0 saturated heterocycles. The van der Waals surface area contributed by atoms with Gasteiger partial charge in [-0.1, -0.05) is 29.8 Å². The van der Waals surface area contributed by atoms with Crippen molar-refractivity contribution in [2.24, 2.45) is 4.99 Å². The third-order valence-electron chi connectivity index (χ3n) is 3.70. The van der Waals surface area contributed by atoms with Crippen molar-refractivity contribution in [3.63, 3.8) is 0 Å². The van der Waals surface area contributed by atoms with Gasteiger partial charge in [-0.3, -0.25) is 4.99 Å². The van der Waals surface area contributed by atoms with Crippen LogP contribution in [0.3, 0.4) is 0 Å². The van der Waals surface area contributed by atoms with E-state index in [-0.39, 0.29) is 36.3 Å². The van der Waals surface area contributed by atoms with Crippen LogP contribution in [0.4, 0.5) is 8.78 Å². The van der Waals surface area contributed by atoms with Gasteiger partial charge in [0.05, 0.1) is 7.11 Å². The number of rotatable bonds is 7. The standard InChI is InChI=1S/C19H23F2N3O2.HI/c1-13-5-4-6-14(9-13)11-23-19(22-2)24-12-15-10-16(25-3)7-8-17(15)26-18(20)21;/h4-10,18H,11-12H2,1-3H3,(H2,22,23,24);1H. The summed E-state index contributed by atoms with van der Waals surface area (Å²) >= 11 is 0. The summed E-state index contributed by atoms with van der Waals surface area (Å²) in [7, 11) is 3.16. The zero-order valence-corrected chi connectivity index (χ0v) is 17.8. The molecule has 0 aliphatic rings. The third-order valence-corrected chi connectivity index (χ3v) is 3.70. The Morgan fingerprint density at radius 1 is 1.11 bits per heavy atom. The zero-order valence-electron chi connectivity index (χ0n) is 15.5. The third kappa shape index (κ3) is 7.58. The monoisotopic (exact) mass is 491 g/mol. The molecular weight excluding hydrogens is 467 g/mol. The second-order valence-electron chi connectivity index (χ2n) is 5.62. The minimum atomic E-state index is -2.89. The van der Waals surface area contributed by atoms with Crippen molar-refractivity contribution >= 4 is 29.9 Å². The van der Waals surface area contributed by atoms with Crippen LogP contribution in [0, 0.1) is 6.92 Å². The van der Waals surface area contributed by atoms with Crippen molar-refractivity contribution in [2.45, 2.75) is 26.6 Å². The van der Waals surface area contributed by atoms with Gasteiger partial charge >= 0.3 is 6.61 Å². The molecule has 0 unspecified atom stereocenters. The van der Waals surface area contributed by atoms with Crippen molar-refractivity contribution in [3.8, 4) is 11.5 Å². The van der Waals surface area contributed by atoms with Crippen LogP contribution in [-0.4, -0.2) is 26.7 Å². The normalized spacial score (nSPS) is 11.0. The van der Waals surface area contributed by atoms with Crippen molar-refractivity contribution in [1.29, 1.82) is 0 Å². The average molecular weight is 491 g/mol. The maximum Gasteiger partial charge on any atom is 0.387 e. The fourth-order valence-electron chi connectivity index (χ4n) is 2.44. The van der Waals surface area contributed by atoms with Gasteiger partial charge in [0, 0.05) is 25.7 Å². The van der Waals surface area contributed by atoms with Gasteiger partial charge in [0.15, 0.2) is 5.96 Å². The first-order valence-electron chi connectivity index (χ1n) is 8.13. The molecule has 2 rings (SSSR count). The molecule has 0 spiro atoms. The number of aryl methyl sites for hydroxylation is 1. The Bertz CT molecular complexity index is 757. The number of methoxy groups -OCH3 is 1. The lowest BCUT2D eigenvalue weighted by Crippen LogP contribution is -2.36. The number of aliphatic imine (C=N–C) groups is 1. The Morgan fingerprint density at radius 3 is 2.48 bits per heavy atom. The molecule has 0 amide bonds. The molecule has 5 nitrogen and oxygen atoms in total. The molecule has 0 bridgehead atoms. The van der Waals surface area contributed by atoms with Gasteiger partial charge in [-0.05, 0) is 30.7 Å². The first-order valence-corrected chi connectivity index (χ1v) is 8.13. The minimum Gasteiger partial charge on any atom is -0.497 e. The topological polar surface area (TPSA) is 54.9 Å². The Kier molecular flexibility index (Phi) is 9.84. The van der Waals surface area contributed by atoms with E-state index in [1.807, 2.05) is 25.1 Å². The largest absolute Gasteiger partial charge is 0.497 e. The highest BCUT2D eigenvalue weighted by Crippen LogP contribution is 2.25. The second kappa shape index (κ2) is 11.6. The molecule has 0 atom stereocenters. The smallest absolute Gasteiger partial charge is 0.387 e. The van der Waals surface area contributed by atoms with Crippen LogP contribution in [0.2, 0.25) is 0 Å². The molecule has 0 aliphatic carbocycles. The molecule has 0 heterocycles. The predicted molar refractivity (Wildman–Crippen MR) is 113 cm³/mol. The minimum absolute atomic E-state index is 0. The molecule has 0 aromatic heterocycles. The van der Waals surface area contributed by atoms with Crippen molar-refractivity contribution < 1.29 is 18.3 Å². The fraction of sp³-hybridized carbons (Fsp3) is 0.316. The number of hydrogen-bond donors (Lipinski definition) is 2. The van der Waals surface area contributed by atoms with E-state index in [9.17, 15) is 8.78 Å². The molecule has 0 aliphatic heterocycles. The van der Waals surface area contributed by atoms with E-state index in [1.54, 1.807) is 19.2 Å². The molecular formula is C19H24F2IN3O2. The summed E-state index contributed by atoms with van der Waals surface area (Å²) in [5.41, 5.74) is 2.84. The Balaban J connectivity index is 0.00000364. The summed E-state index contributed by atoms with van der Waals surface area (Å²) in [6.07, 6.45) is 0. The number of guanidine groups is 1. The number of benzene rings is 2. The van der Waals surface area contributed by atoms with E-state index in [0.29, 0.717) is 23.8 Å². The number of nitrogens with one attached hydrogen (secondary N) is 2. The highest BCUT2D eigenvalue weighted by molar-refractivity contribution is 14.0. The van der Waals surface area contributed by atoms with Crippen LogP contribution >= 0.6 is 24.0 Å². The molecule has 0 saturated carbocycles. The number of hydrogen-bond acceptors (Lipinski definition) is 3. The fourth-order valence-corrected chi connectivity index (χ4v) is 2.44. The number of nitrogens with zero attached hydrogens (tertiary/aromatic N) is 1. The molecule has 2 N–H and O–H groups in total. The lowest BCUT2D eigenvalue weighted by Gasteiger charge is -2.15. The van der Waals surface area contributed by atoms with E-state index in [1.165, 1.54) is 18.7 Å². The van der Waals surface area contributed by atoms with Gasteiger partial charge in [0.25, 0.3) is 0 Å². The summed E-state index contributed by atoms with van der Waals surface area (Å²) in [5, 5.41) is 6.28. The van der Waals surface area contributed by atoms with Gasteiger partial charge < -0.3 is 20.1 Å². The number of alkyl halides is 2. The molecule has 27 heavy (non-hydrogen) atoms. The number of ether oxygens (including phenoxy) is 2. The quantitative estimate of drug-likeness (QED) is 0.348. The van der Waals surface area contributed by atoms with Crippen molar-refractivity contribution in [2.75, 3.05) is 14.2 Å². The summed E-state index contributed by atoms with van der Waals surface area (Å²) in [5.74, 6) is 1.21. The maximum atomic E-state index is 12.6.